The molecule has 0 aliphatic rings. The average Bonchev–Trinajstić information content (AvgIpc) is 2.45. The Balaban J connectivity index is 2.56. The zero-order chi connectivity index (χ0) is 16.5. The van der Waals surface area contributed by atoms with Gasteiger partial charge in [0, 0.05) is 22.9 Å². The van der Waals surface area contributed by atoms with Crippen LogP contribution in [0.2, 0.25) is 0 Å². The van der Waals surface area contributed by atoms with Gasteiger partial charge in [-0.3, -0.25) is 4.79 Å². The third-order valence-electron chi connectivity index (χ3n) is 4.40. The van der Waals surface area contributed by atoms with E-state index < -0.39 is 6.04 Å². The Hall–Kier alpha value is -1.97. The van der Waals surface area contributed by atoms with E-state index in [0.29, 0.717) is 12.0 Å². The standard InChI is InChI=1S/C18H24N2O2/c1-6-12-7-8-13-11(2)14(17(21)19-15(13)9-12)10-16(20-22)18(3,4)5/h7-9,16H,6,10H2,1-5H3,(H,19,21). The number of benzene rings is 1. The molecule has 2 aromatic rings. The molecule has 0 amide bonds. The highest BCUT2D eigenvalue weighted by Gasteiger charge is 2.27. The molecule has 1 heterocycles. The fourth-order valence-corrected chi connectivity index (χ4v) is 2.71. The lowest BCUT2D eigenvalue weighted by molar-refractivity contribution is 0.318. The first-order chi connectivity index (χ1) is 10.3. The third kappa shape index (κ3) is 3.11. The van der Waals surface area contributed by atoms with Gasteiger partial charge in [-0.25, -0.2) is 0 Å². The second-order valence-electron chi connectivity index (χ2n) is 6.98. The summed E-state index contributed by atoms with van der Waals surface area (Å²) in [6, 6.07) is 5.73. The largest absolute Gasteiger partial charge is 0.322 e. The van der Waals surface area contributed by atoms with E-state index in [9.17, 15) is 9.70 Å². The van der Waals surface area contributed by atoms with Crippen LogP contribution >= 0.6 is 0 Å². The molecule has 4 heteroatoms. The van der Waals surface area contributed by atoms with Crippen LogP contribution in [-0.4, -0.2) is 11.0 Å². The normalized spacial score (nSPS) is 13.3. The number of hydrogen-bond acceptors (Lipinski definition) is 3. The van der Waals surface area contributed by atoms with Crippen molar-refractivity contribution >= 4 is 10.9 Å². The van der Waals surface area contributed by atoms with Crippen molar-refractivity contribution in [1.82, 2.24) is 4.98 Å². The van der Waals surface area contributed by atoms with Crippen LogP contribution in [0.15, 0.2) is 28.2 Å². The number of aryl methyl sites for hydroxylation is 2. The maximum Gasteiger partial charge on any atom is 0.251 e. The van der Waals surface area contributed by atoms with Crippen LogP contribution in [0.25, 0.3) is 10.9 Å². The van der Waals surface area contributed by atoms with Crippen molar-refractivity contribution in [2.45, 2.75) is 53.5 Å². The minimum absolute atomic E-state index is 0.115. The summed E-state index contributed by atoms with van der Waals surface area (Å²) in [5.74, 6) is 0. The van der Waals surface area contributed by atoms with E-state index in [1.54, 1.807) is 0 Å². The molecule has 2 rings (SSSR count). The molecule has 1 unspecified atom stereocenters. The molecule has 118 valence electrons. The van der Waals surface area contributed by atoms with E-state index in [2.05, 4.69) is 23.2 Å². The number of rotatable bonds is 4. The van der Waals surface area contributed by atoms with Crippen molar-refractivity contribution in [3.63, 3.8) is 0 Å². The van der Waals surface area contributed by atoms with E-state index in [4.69, 9.17) is 0 Å². The second-order valence-corrected chi connectivity index (χ2v) is 6.98. The Morgan fingerprint density at radius 1 is 1.27 bits per heavy atom. The predicted octanol–water partition coefficient (Wildman–Crippen LogP) is 4.12. The van der Waals surface area contributed by atoms with E-state index >= 15 is 0 Å². The van der Waals surface area contributed by atoms with Gasteiger partial charge in [0.25, 0.3) is 5.56 Å². The van der Waals surface area contributed by atoms with Gasteiger partial charge in [-0.1, -0.05) is 45.0 Å². The molecule has 1 aromatic carbocycles. The van der Waals surface area contributed by atoms with E-state index in [-0.39, 0.29) is 11.0 Å². The van der Waals surface area contributed by atoms with Gasteiger partial charge in [-0.05, 0) is 36.0 Å². The summed E-state index contributed by atoms with van der Waals surface area (Å²) in [7, 11) is 0. The van der Waals surface area contributed by atoms with Crippen molar-refractivity contribution in [2.24, 2.45) is 10.6 Å². The quantitative estimate of drug-likeness (QED) is 0.863. The lowest BCUT2D eigenvalue weighted by Crippen LogP contribution is -2.29. The number of aromatic nitrogens is 1. The van der Waals surface area contributed by atoms with Crippen LogP contribution in [0.3, 0.4) is 0 Å². The van der Waals surface area contributed by atoms with Crippen LogP contribution in [0.5, 0.6) is 0 Å². The Bertz CT molecular complexity index is 754. The third-order valence-corrected chi connectivity index (χ3v) is 4.40. The summed E-state index contributed by atoms with van der Waals surface area (Å²) in [5.41, 5.74) is 3.28. The van der Waals surface area contributed by atoms with Crippen molar-refractivity contribution in [3.8, 4) is 0 Å². The summed E-state index contributed by atoms with van der Waals surface area (Å²) >= 11 is 0. The molecule has 22 heavy (non-hydrogen) atoms. The summed E-state index contributed by atoms with van der Waals surface area (Å²) in [6.45, 7) is 9.94. The smallest absolute Gasteiger partial charge is 0.251 e. The molecular formula is C18H24N2O2. The Labute approximate surface area is 130 Å². The molecule has 0 aliphatic heterocycles. The van der Waals surface area contributed by atoms with E-state index in [1.807, 2.05) is 39.8 Å². The highest BCUT2D eigenvalue weighted by atomic mass is 16.3. The van der Waals surface area contributed by atoms with E-state index in [0.717, 1.165) is 22.9 Å². The molecule has 4 nitrogen and oxygen atoms in total. The molecule has 1 N–H and O–H groups in total. The average molecular weight is 300 g/mol. The van der Waals surface area contributed by atoms with Crippen LogP contribution in [0.4, 0.5) is 0 Å². The Morgan fingerprint density at radius 3 is 2.50 bits per heavy atom. The number of pyridine rings is 1. The van der Waals surface area contributed by atoms with Crippen LogP contribution in [0, 0.1) is 17.2 Å². The molecular weight excluding hydrogens is 276 g/mol. The molecule has 0 radical (unpaired) electrons. The van der Waals surface area contributed by atoms with Gasteiger partial charge in [-0.15, -0.1) is 0 Å². The number of hydrogen-bond donors (Lipinski definition) is 1. The lowest BCUT2D eigenvalue weighted by Gasteiger charge is -2.24. The van der Waals surface area contributed by atoms with Gasteiger partial charge >= 0.3 is 0 Å². The van der Waals surface area contributed by atoms with Crippen molar-refractivity contribution in [3.05, 3.63) is 50.2 Å². The topological polar surface area (TPSA) is 62.3 Å². The highest BCUT2D eigenvalue weighted by Crippen LogP contribution is 2.27. The van der Waals surface area contributed by atoms with Crippen LogP contribution in [0.1, 0.15) is 44.4 Å². The van der Waals surface area contributed by atoms with Crippen molar-refractivity contribution < 1.29 is 0 Å². The number of aromatic amines is 1. The highest BCUT2D eigenvalue weighted by molar-refractivity contribution is 5.83. The minimum Gasteiger partial charge on any atom is -0.322 e. The van der Waals surface area contributed by atoms with Gasteiger partial charge in [0.1, 0.15) is 6.04 Å². The zero-order valence-electron chi connectivity index (χ0n) is 14.0. The molecule has 1 atom stereocenters. The van der Waals surface area contributed by atoms with Gasteiger partial charge in [0.15, 0.2) is 0 Å². The van der Waals surface area contributed by atoms with Gasteiger partial charge in [-0.2, -0.15) is 4.91 Å². The number of nitrogens with zero attached hydrogens (tertiary/aromatic N) is 1. The first-order valence-electron chi connectivity index (χ1n) is 7.74. The van der Waals surface area contributed by atoms with Crippen LogP contribution in [-0.2, 0) is 12.8 Å². The van der Waals surface area contributed by atoms with E-state index in [1.165, 1.54) is 5.56 Å². The fourth-order valence-electron chi connectivity index (χ4n) is 2.71. The van der Waals surface area contributed by atoms with Gasteiger partial charge in [0.2, 0.25) is 0 Å². The molecule has 0 spiro atoms. The molecule has 0 aliphatic carbocycles. The predicted molar refractivity (Wildman–Crippen MR) is 91.4 cm³/mol. The summed E-state index contributed by atoms with van der Waals surface area (Å²) < 4.78 is 0. The second kappa shape index (κ2) is 6.03. The molecule has 0 fully saturated rings. The summed E-state index contributed by atoms with van der Waals surface area (Å²) in [6.07, 6.45) is 1.31. The Kier molecular flexibility index (Phi) is 4.50. The SMILES string of the molecule is CCc1ccc2c(C)c(CC(N=O)C(C)(C)C)c(=O)[nH]c2c1. The molecule has 0 saturated heterocycles. The zero-order valence-corrected chi connectivity index (χ0v) is 14.0. The van der Waals surface area contributed by atoms with Crippen molar-refractivity contribution in [1.29, 1.82) is 0 Å². The number of H-pyrrole nitrogens is 1. The Morgan fingerprint density at radius 2 is 1.95 bits per heavy atom. The first-order valence-corrected chi connectivity index (χ1v) is 7.74. The maximum absolute atomic E-state index is 12.4. The molecule has 1 aromatic heterocycles. The van der Waals surface area contributed by atoms with Gasteiger partial charge < -0.3 is 4.98 Å². The lowest BCUT2D eigenvalue weighted by atomic mass is 9.83. The summed E-state index contributed by atoms with van der Waals surface area (Å²) in [4.78, 5) is 26.6. The summed E-state index contributed by atoms with van der Waals surface area (Å²) in [5, 5.41) is 4.27. The van der Waals surface area contributed by atoms with Crippen molar-refractivity contribution in [2.75, 3.05) is 0 Å². The number of nitrogens with one attached hydrogen (secondary N) is 1. The fraction of sp³-hybridized carbons (Fsp3) is 0.500. The van der Waals surface area contributed by atoms with Crippen LogP contribution < -0.4 is 5.56 Å². The number of fused-ring (bicyclic) bond motifs is 1. The monoisotopic (exact) mass is 300 g/mol. The molecule has 0 bridgehead atoms. The minimum atomic E-state index is -0.417. The maximum atomic E-state index is 12.4. The molecule has 0 saturated carbocycles. The van der Waals surface area contributed by atoms with Gasteiger partial charge in [0.05, 0.1) is 0 Å². The number of nitroso groups, excluding NO2 is 1. The first kappa shape index (κ1) is 16.4.